The minimum atomic E-state index is 0.252. The van der Waals surface area contributed by atoms with E-state index in [-0.39, 0.29) is 5.91 Å². The fourth-order valence-electron chi connectivity index (χ4n) is 3.93. The summed E-state index contributed by atoms with van der Waals surface area (Å²) in [5.74, 6) is 0.869. The van der Waals surface area contributed by atoms with Gasteiger partial charge in [-0.15, -0.1) is 0 Å². The van der Waals surface area contributed by atoms with Gasteiger partial charge in [-0.3, -0.25) is 4.79 Å². The van der Waals surface area contributed by atoms with Gasteiger partial charge in [-0.2, -0.15) is 0 Å². The lowest BCUT2D eigenvalue weighted by atomic mass is 9.99. The predicted molar refractivity (Wildman–Crippen MR) is 95.0 cm³/mol. The number of amides is 1. The molecule has 1 aromatic heterocycles. The van der Waals surface area contributed by atoms with Crippen molar-refractivity contribution in [1.29, 1.82) is 0 Å². The van der Waals surface area contributed by atoms with Gasteiger partial charge in [-0.25, -0.2) is 9.97 Å². The molecule has 0 aromatic carbocycles. The number of aryl methyl sites for hydroxylation is 2. The molecule has 0 spiro atoms. The lowest BCUT2D eigenvalue weighted by molar-refractivity contribution is -0.132. The molecule has 2 saturated heterocycles. The monoisotopic (exact) mass is 331 g/mol. The number of fused-ring (bicyclic) bond motifs is 1. The fourth-order valence-corrected chi connectivity index (χ4v) is 3.93. The summed E-state index contributed by atoms with van der Waals surface area (Å²) in [6.45, 7) is 6.48. The third-order valence-electron chi connectivity index (χ3n) is 5.05. The van der Waals surface area contributed by atoms with E-state index in [4.69, 9.17) is 0 Å². The number of hydrogen-bond donors (Lipinski definition) is 2. The summed E-state index contributed by atoms with van der Waals surface area (Å²) >= 11 is 0. The van der Waals surface area contributed by atoms with Crippen LogP contribution >= 0.6 is 0 Å². The largest absolute Gasteiger partial charge is 0.354 e. The lowest BCUT2D eigenvalue weighted by Gasteiger charge is -2.30. The van der Waals surface area contributed by atoms with Gasteiger partial charge in [-0.1, -0.05) is 12.8 Å². The summed E-state index contributed by atoms with van der Waals surface area (Å²) in [7, 11) is 0. The Morgan fingerprint density at radius 2 is 2.04 bits per heavy atom. The number of rotatable bonds is 4. The number of aromatic nitrogens is 2. The molecule has 3 rings (SSSR count). The smallest absolute Gasteiger partial charge is 0.224 e. The van der Waals surface area contributed by atoms with Crippen LogP contribution in [0.1, 0.15) is 49.9 Å². The Morgan fingerprint density at radius 1 is 1.25 bits per heavy atom. The van der Waals surface area contributed by atoms with Crippen molar-refractivity contribution in [3.05, 3.63) is 17.5 Å². The van der Waals surface area contributed by atoms with Crippen molar-refractivity contribution >= 4 is 11.9 Å². The Hall–Kier alpha value is -1.69. The van der Waals surface area contributed by atoms with E-state index in [0.717, 1.165) is 37.3 Å². The highest BCUT2D eigenvalue weighted by Gasteiger charge is 2.36. The van der Waals surface area contributed by atoms with Crippen LogP contribution in [0, 0.1) is 13.8 Å². The molecule has 2 aliphatic heterocycles. The van der Waals surface area contributed by atoms with E-state index >= 15 is 0 Å². The highest BCUT2D eigenvalue weighted by molar-refractivity contribution is 5.77. The zero-order valence-corrected chi connectivity index (χ0v) is 14.8. The molecular weight excluding hydrogens is 302 g/mol. The first-order valence-corrected chi connectivity index (χ1v) is 9.22. The molecule has 24 heavy (non-hydrogen) atoms. The van der Waals surface area contributed by atoms with Crippen molar-refractivity contribution in [2.24, 2.45) is 0 Å². The Balaban J connectivity index is 1.51. The van der Waals surface area contributed by atoms with E-state index < -0.39 is 0 Å². The molecule has 132 valence electrons. The van der Waals surface area contributed by atoms with Crippen molar-refractivity contribution in [3.63, 3.8) is 0 Å². The maximum Gasteiger partial charge on any atom is 0.224 e. The van der Waals surface area contributed by atoms with Crippen molar-refractivity contribution in [2.75, 3.05) is 25.0 Å². The van der Waals surface area contributed by atoms with Gasteiger partial charge in [0.15, 0.2) is 0 Å². The quantitative estimate of drug-likeness (QED) is 0.883. The number of nitrogens with zero attached hydrogens (tertiary/aromatic N) is 3. The van der Waals surface area contributed by atoms with E-state index in [0.29, 0.717) is 31.0 Å². The second-order valence-corrected chi connectivity index (χ2v) is 7.00. The molecular formula is C18H29N5O. The van der Waals surface area contributed by atoms with E-state index in [1.165, 1.54) is 19.3 Å². The number of likely N-dealkylation sites (tertiary alicyclic amines) is 1. The summed E-state index contributed by atoms with van der Waals surface area (Å²) in [5, 5.41) is 6.82. The van der Waals surface area contributed by atoms with Crippen LogP contribution in [0.5, 0.6) is 0 Å². The highest BCUT2D eigenvalue weighted by Crippen LogP contribution is 2.25. The third-order valence-corrected chi connectivity index (χ3v) is 5.05. The fraction of sp³-hybridized carbons (Fsp3) is 0.722. The zero-order chi connectivity index (χ0) is 16.9. The van der Waals surface area contributed by atoms with Crippen LogP contribution in [0.3, 0.4) is 0 Å². The van der Waals surface area contributed by atoms with Crippen molar-refractivity contribution in [1.82, 2.24) is 20.2 Å². The van der Waals surface area contributed by atoms with Crippen LogP contribution in [-0.2, 0) is 4.79 Å². The zero-order valence-electron chi connectivity index (χ0n) is 14.8. The minimum absolute atomic E-state index is 0.252. The molecule has 2 N–H and O–H groups in total. The van der Waals surface area contributed by atoms with E-state index in [1.54, 1.807) is 0 Å². The normalized spacial score (nSPS) is 24.2. The molecule has 0 radical (unpaired) electrons. The summed E-state index contributed by atoms with van der Waals surface area (Å²) in [5.41, 5.74) is 1.89. The Kier molecular flexibility index (Phi) is 5.66. The first-order valence-electron chi connectivity index (χ1n) is 9.22. The molecule has 6 nitrogen and oxygen atoms in total. The number of hydrogen-bond acceptors (Lipinski definition) is 5. The first-order chi connectivity index (χ1) is 11.6. The minimum Gasteiger partial charge on any atom is -0.354 e. The molecule has 2 aliphatic rings. The Labute approximate surface area is 144 Å². The molecule has 0 aliphatic carbocycles. The van der Waals surface area contributed by atoms with E-state index in [2.05, 4.69) is 25.5 Å². The van der Waals surface area contributed by atoms with Gasteiger partial charge in [0.25, 0.3) is 0 Å². The SMILES string of the molecule is Cc1cc(C)nc(NCCC(=O)N2CC[C@H]3NCCCCC[C@H]32)n1. The second-order valence-electron chi connectivity index (χ2n) is 7.00. The molecule has 0 saturated carbocycles. The van der Waals surface area contributed by atoms with Crippen molar-refractivity contribution < 1.29 is 4.79 Å². The van der Waals surface area contributed by atoms with Gasteiger partial charge in [0.05, 0.1) is 0 Å². The highest BCUT2D eigenvalue weighted by atomic mass is 16.2. The van der Waals surface area contributed by atoms with Gasteiger partial charge in [0, 0.05) is 43.0 Å². The van der Waals surface area contributed by atoms with Gasteiger partial charge in [0.2, 0.25) is 11.9 Å². The van der Waals surface area contributed by atoms with Crippen LogP contribution in [0.25, 0.3) is 0 Å². The van der Waals surface area contributed by atoms with Gasteiger partial charge in [0.1, 0.15) is 0 Å². The molecule has 2 fully saturated rings. The summed E-state index contributed by atoms with van der Waals surface area (Å²) in [6.07, 6.45) is 6.49. The molecule has 1 aromatic rings. The first kappa shape index (κ1) is 17.1. The number of carbonyl (C=O) groups is 1. The number of nitrogens with one attached hydrogen (secondary N) is 2. The van der Waals surface area contributed by atoms with Crippen LogP contribution in [0.4, 0.5) is 5.95 Å². The molecule has 3 heterocycles. The van der Waals surface area contributed by atoms with E-state index in [1.807, 2.05) is 19.9 Å². The molecule has 6 heteroatoms. The average molecular weight is 331 g/mol. The Morgan fingerprint density at radius 3 is 2.83 bits per heavy atom. The summed E-state index contributed by atoms with van der Waals surface area (Å²) in [4.78, 5) is 23.5. The maximum atomic E-state index is 12.6. The lowest BCUT2D eigenvalue weighted by Crippen LogP contribution is -2.46. The second kappa shape index (κ2) is 7.92. The van der Waals surface area contributed by atoms with Crippen LogP contribution in [0.2, 0.25) is 0 Å². The summed E-state index contributed by atoms with van der Waals surface area (Å²) < 4.78 is 0. The van der Waals surface area contributed by atoms with Crippen LogP contribution in [0.15, 0.2) is 6.07 Å². The maximum absolute atomic E-state index is 12.6. The number of anilines is 1. The van der Waals surface area contributed by atoms with Crippen molar-refractivity contribution in [3.8, 4) is 0 Å². The van der Waals surface area contributed by atoms with E-state index in [9.17, 15) is 4.79 Å². The van der Waals surface area contributed by atoms with Crippen LogP contribution < -0.4 is 10.6 Å². The molecule has 2 atom stereocenters. The van der Waals surface area contributed by atoms with Crippen molar-refractivity contribution in [2.45, 2.75) is 64.5 Å². The summed E-state index contributed by atoms with van der Waals surface area (Å²) in [6, 6.07) is 2.82. The average Bonchev–Trinajstić information content (AvgIpc) is 2.88. The standard InChI is InChI=1S/C18H29N5O/c1-13-12-14(2)22-18(21-13)20-10-7-17(24)23-11-8-15-16(23)6-4-3-5-9-19-15/h12,15-16,19H,3-11H2,1-2H3,(H,20,21,22)/t15-,16-/m1/s1. The Bertz CT molecular complexity index is 556. The molecule has 1 amide bonds. The topological polar surface area (TPSA) is 70.2 Å². The number of carbonyl (C=O) groups excluding carboxylic acids is 1. The third kappa shape index (κ3) is 4.23. The van der Waals surface area contributed by atoms with Gasteiger partial charge < -0.3 is 15.5 Å². The van der Waals surface area contributed by atoms with Crippen LogP contribution in [-0.4, -0.2) is 52.5 Å². The molecule has 0 unspecified atom stereocenters. The molecule has 0 bridgehead atoms. The van der Waals surface area contributed by atoms with Gasteiger partial charge in [-0.05, 0) is 45.7 Å². The predicted octanol–water partition coefficient (Wildman–Crippen LogP) is 2.03. The van der Waals surface area contributed by atoms with Gasteiger partial charge >= 0.3 is 0 Å².